The van der Waals surface area contributed by atoms with Gasteiger partial charge in [0.05, 0.1) is 30.4 Å². The average Bonchev–Trinajstić information content (AvgIpc) is 2.60. The van der Waals surface area contributed by atoms with E-state index >= 15 is 0 Å². The second-order valence-electron chi connectivity index (χ2n) is 4.68. The molecule has 0 bridgehead atoms. The van der Waals surface area contributed by atoms with Gasteiger partial charge in [-0.1, -0.05) is 23.7 Å². The first kappa shape index (κ1) is 17.8. The SMILES string of the molecule is CCOc1cc(C#N)cc(Cl)c1OCCOc1ccccc1OC. The lowest BCUT2D eigenvalue weighted by molar-refractivity contribution is 0.203. The Bertz CT molecular complexity index is 727. The van der Waals surface area contributed by atoms with Crippen molar-refractivity contribution in [3.05, 3.63) is 47.0 Å². The Morgan fingerprint density at radius 3 is 2.38 bits per heavy atom. The Balaban J connectivity index is 2.00. The van der Waals surface area contributed by atoms with E-state index in [1.54, 1.807) is 19.2 Å². The molecule has 0 aliphatic carbocycles. The maximum atomic E-state index is 9.00. The number of para-hydroxylation sites is 2. The van der Waals surface area contributed by atoms with Gasteiger partial charge in [-0.2, -0.15) is 5.26 Å². The summed E-state index contributed by atoms with van der Waals surface area (Å²) in [5.74, 6) is 2.14. The van der Waals surface area contributed by atoms with Crippen LogP contribution < -0.4 is 18.9 Å². The third-order valence-corrected chi connectivity index (χ3v) is 3.38. The van der Waals surface area contributed by atoms with Crippen LogP contribution in [0.3, 0.4) is 0 Å². The Hall–Kier alpha value is -2.58. The number of rotatable bonds is 8. The maximum Gasteiger partial charge on any atom is 0.179 e. The summed E-state index contributed by atoms with van der Waals surface area (Å²) in [5, 5.41) is 9.33. The molecule has 0 saturated heterocycles. The molecule has 0 N–H and O–H groups in total. The van der Waals surface area contributed by atoms with E-state index in [1.165, 1.54) is 0 Å². The van der Waals surface area contributed by atoms with E-state index in [-0.39, 0.29) is 6.61 Å². The lowest BCUT2D eigenvalue weighted by Gasteiger charge is -2.15. The van der Waals surface area contributed by atoms with Crippen LogP contribution >= 0.6 is 11.6 Å². The minimum atomic E-state index is 0.268. The normalized spacial score (nSPS) is 9.92. The molecule has 0 saturated carbocycles. The molecule has 24 heavy (non-hydrogen) atoms. The Morgan fingerprint density at radius 2 is 1.71 bits per heavy atom. The molecule has 0 atom stereocenters. The molecule has 0 heterocycles. The topological polar surface area (TPSA) is 60.7 Å². The fourth-order valence-corrected chi connectivity index (χ4v) is 2.33. The highest BCUT2D eigenvalue weighted by Gasteiger charge is 2.13. The van der Waals surface area contributed by atoms with Crippen LogP contribution in [0.25, 0.3) is 0 Å². The fourth-order valence-electron chi connectivity index (χ4n) is 2.07. The van der Waals surface area contributed by atoms with Crippen LogP contribution in [0.1, 0.15) is 12.5 Å². The van der Waals surface area contributed by atoms with E-state index < -0.39 is 0 Å². The van der Waals surface area contributed by atoms with E-state index in [2.05, 4.69) is 0 Å². The maximum absolute atomic E-state index is 9.00. The van der Waals surface area contributed by atoms with Gasteiger partial charge in [-0.3, -0.25) is 0 Å². The molecule has 2 rings (SSSR count). The smallest absolute Gasteiger partial charge is 0.179 e. The number of nitriles is 1. The number of methoxy groups -OCH3 is 1. The second-order valence-corrected chi connectivity index (χ2v) is 5.09. The quantitative estimate of drug-likeness (QED) is 0.673. The highest BCUT2D eigenvalue weighted by molar-refractivity contribution is 6.32. The number of halogens is 1. The van der Waals surface area contributed by atoms with Crippen LogP contribution in [0.4, 0.5) is 0 Å². The molecule has 0 amide bonds. The summed E-state index contributed by atoms with van der Waals surface area (Å²) >= 11 is 6.18. The van der Waals surface area contributed by atoms with Crippen LogP contribution in [-0.2, 0) is 0 Å². The summed E-state index contributed by atoms with van der Waals surface area (Å²) in [6, 6.07) is 12.6. The van der Waals surface area contributed by atoms with Gasteiger partial charge in [0.1, 0.15) is 13.2 Å². The monoisotopic (exact) mass is 347 g/mol. The summed E-state index contributed by atoms with van der Waals surface area (Å²) in [5.41, 5.74) is 0.418. The van der Waals surface area contributed by atoms with Crippen molar-refractivity contribution in [2.45, 2.75) is 6.92 Å². The molecule has 0 aliphatic heterocycles. The Kier molecular flexibility index (Phi) is 6.59. The minimum Gasteiger partial charge on any atom is -0.493 e. The summed E-state index contributed by atoms with van der Waals surface area (Å²) in [6.45, 7) is 2.87. The van der Waals surface area contributed by atoms with Crippen LogP contribution in [-0.4, -0.2) is 26.9 Å². The summed E-state index contributed by atoms with van der Waals surface area (Å²) in [7, 11) is 1.59. The number of benzene rings is 2. The van der Waals surface area contributed by atoms with E-state index in [1.807, 2.05) is 37.3 Å². The first-order chi connectivity index (χ1) is 11.7. The molecule has 2 aromatic rings. The van der Waals surface area contributed by atoms with Crippen molar-refractivity contribution in [2.24, 2.45) is 0 Å². The van der Waals surface area contributed by atoms with Gasteiger partial charge in [0, 0.05) is 6.07 Å². The molecule has 5 nitrogen and oxygen atoms in total. The van der Waals surface area contributed by atoms with Crippen molar-refractivity contribution in [1.29, 1.82) is 5.26 Å². The molecule has 0 radical (unpaired) electrons. The first-order valence-corrected chi connectivity index (χ1v) is 7.82. The predicted octanol–water partition coefficient (Wildman–Crippen LogP) is 4.08. The molecular formula is C18H18ClNO4. The highest BCUT2D eigenvalue weighted by Crippen LogP contribution is 2.36. The van der Waals surface area contributed by atoms with Crippen LogP contribution in [0.15, 0.2) is 36.4 Å². The molecule has 0 fully saturated rings. The van der Waals surface area contributed by atoms with Crippen molar-refractivity contribution >= 4 is 11.6 Å². The number of nitrogens with zero attached hydrogens (tertiary/aromatic N) is 1. The Labute approximate surface area is 146 Å². The predicted molar refractivity (Wildman–Crippen MR) is 91.3 cm³/mol. The van der Waals surface area contributed by atoms with Gasteiger partial charge >= 0.3 is 0 Å². The van der Waals surface area contributed by atoms with Gasteiger partial charge in [-0.05, 0) is 25.1 Å². The van der Waals surface area contributed by atoms with Crippen molar-refractivity contribution in [3.63, 3.8) is 0 Å². The standard InChI is InChI=1S/C18H18ClNO4/c1-3-22-17-11-13(12-20)10-14(19)18(17)24-9-8-23-16-7-5-4-6-15(16)21-2/h4-7,10-11H,3,8-9H2,1-2H3. The molecule has 0 unspecified atom stereocenters. The van der Waals surface area contributed by atoms with E-state index in [4.69, 9.17) is 35.8 Å². The molecule has 0 aliphatic rings. The second kappa shape index (κ2) is 8.90. The summed E-state index contributed by atoms with van der Waals surface area (Å²) < 4.78 is 22.0. The van der Waals surface area contributed by atoms with Gasteiger partial charge < -0.3 is 18.9 Å². The van der Waals surface area contributed by atoms with Crippen LogP contribution in [0.5, 0.6) is 23.0 Å². The zero-order valence-corrected chi connectivity index (χ0v) is 14.3. The Morgan fingerprint density at radius 1 is 1.00 bits per heavy atom. The zero-order chi connectivity index (χ0) is 17.4. The largest absolute Gasteiger partial charge is 0.493 e. The molecule has 0 spiro atoms. The lowest BCUT2D eigenvalue weighted by atomic mass is 10.2. The van der Waals surface area contributed by atoms with Gasteiger partial charge in [0.25, 0.3) is 0 Å². The number of hydrogen-bond acceptors (Lipinski definition) is 5. The van der Waals surface area contributed by atoms with Crippen LogP contribution in [0, 0.1) is 11.3 Å². The highest BCUT2D eigenvalue weighted by atomic mass is 35.5. The molecule has 6 heteroatoms. The summed E-state index contributed by atoms with van der Waals surface area (Å²) in [6.07, 6.45) is 0. The van der Waals surface area contributed by atoms with E-state index in [0.717, 1.165) is 0 Å². The molecule has 126 valence electrons. The fraction of sp³-hybridized carbons (Fsp3) is 0.278. The zero-order valence-electron chi connectivity index (χ0n) is 13.5. The third kappa shape index (κ3) is 4.46. The molecule has 2 aromatic carbocycles. The minimum absolute atomic E-state index is 0.268. The lowest BCUT2D eigenvalue weighted by Crippen LogP contribution is -2.10. The van der Waals surface area contributed by atoms with Crippen molar-refractivity contribution < 1.29 is 18.9 Å². The first-order valence-electron chi connectivity index (χ1n) is 7.44. The average molecular weight is 348 g/mol. The third-order valence-electron chi connectivity index (χ3n) is 3.09. The van der Waals surface area contributed by atoms with E-state index in [9.17, 15) is 0 Å². The summed E-state index contributed by atoms with van der Waals surface area (Å²) in [4.78, 5) is 0. The van der Waals surface area contributed by atoms with Crippen molar-refractivity contribution in [2.75, 3.05) is 26.9 Å². The van der Waals surface area contributed by atoms with Crippen molar-refractivity contribution in [1.82, 2.24) is 0 Å². The van der Waals surface area contributed by atoms with Gasteiger partial charge in [0.2, 0.25) is 0 Å². The van der Waals surface area contributed by atoms with E-state index in [0.29, 0.717) is 46.8 Å². The molecular weight excluding hydrogens is 330 g/mol. The number of hydrogen-bond donors (Lipinski definition) is 0. The molecule has 0 aromatic heterocycles. The van der Waals surface area contributed by atoms with Crippen LogP contribution in [0.2, 0.25) is 5.02 Å². The van der Waals surface area contributed by atoms with Gasteiger partial charge in [-0.15, -0.1) is 0 Å². The van der Waals surface area contributed by atoms with Gasteiger partial charge in [0.15, 0.2) is 23.0 Å². The van der Waals surface area contributed by atoms with Crippen molar-refractivity contribution in [3.8, 4) is 29.1 Å². The van der Waals surface area contributed by atoms with Gasteiger partial charge in [-0.25, -0.2) is 0 Å². The number of ether oxygens (including phenoxy) is 4.